The summed E-state index contributed by atoms with van der Waals surface area (Å²) in [5.74, 6) is 0. The lowest BCUT2D eigenvalue weighted by Gasteiger charge is -2.15. The number of hydrogen-bond donors (Lipinski definition) is 2. The van der Waals surface area contributed by atoms with Crippen molar-refractivity contribution in [3.05, 3.63) is 35.9 Å². The topological polar surface area (TPSA) is 32.3 Å². The third-order valence-electron chi connectivity index (χ3n) is 4.05. The number of hydrogen-bond acceptors (Lipinski definition) is 2. The van der Waals surface area contributed by atoms with Crippen LogP contribution in [0.4, 0.5) is 0 Å². The summed E-state index contributed by atoms with van der Waals surface area (Å²) in [6, 6.07) is 10.6. The average Bonchev–Trinajstić information content (AvgIpc) is 2.79. The number of fused-ring (bicyclic) bond motifs is 1. The summed E-state index contributed by atoms with van der Waals surface area (Å²) in [7, 11) is 0. The number of rotatable bonds is 2. The van der Waals surface area contributed by atoms with Gasteiger partial charge in [0.2, 0.25) is 0 Å². The molecule has 0 radical (unpaired) electrons. The van der Waals surface area contributed by atoms with Crippen molar-refractivity contribution in [2.24, 2.45) is 5.41 Å². The molecule has 2 unspecified atom stereocenters. The van der Waals surface area contributed by atoms with Gasteiger partial charge in [-0.05, 0) is 12.0 Å². The Hall–Kier alpha value is -0.860. The van der Waals surface area contributed by atoms with Crippen LogP contribution < -0.4 is 5.32 Å². The molecule has 1 heterocycles. The summed E-state index contributed by atoms with van der Waals surface area (Å²) in [5.41, 5.74) is 1.77. The van der Waals surface area contributed by atoms with Crippen molar-refractivity contribution in [1.82, 2.24) is 5.32 Å². The molecular formula is C12H15NO. The zero-order valence-corrected chi connectivity index (χ0v) is 8.16. The van der Waals surface area contributed by atoms with Gasteiger partial charge in [0.1, 0.15) is 0 Å². The number of aliphatic hydroxyl groups excluding tert-OH is 1. The lowest BCUT2D eigenvalue weighted by atomic mass is 9.89. The molecule has 0 spiro atoms. The number of benzene rings is 1. The van der Waals surface area contributed by atoms with E-state index in [9.17, 15) is 5.11 Å². The molecule has 1 saturated heterocycles. The largest absolute Gasteiger partial charge is 0.396 e. The van der Waals surface area contributed by atoms with Gasteiger partial charge in [0.15, 0.2) is 0 Å². The summed E-state index contributed by atoms with van der Waals surface area (Å²) in [5, 5.41) is 12.8. The Morgan fingerprint density at radius 2 is 2.00 bits per heavy atom. The van der Waals surface area contributed by atoms with Gasteiger partial charge >= 0.3 is 0 Å². The van der Waals surface area contributed by atoms with Crippen molar-refractivity contribution in [2.75, 3.05) is 19.7 Å². The maximum atomic E-state index is 9.45. The minimum Gasteiger partial charge on any atom is -0.396 e. The Labute approximate surface area is 84.0 Å². The second-order valence-corrected chi connectivity index (χ2v) is 4.67. The van der Waals surface area contributed by atoms with Crippen LogP contribution in [-0.4, -0.2) is 24.8 Å². The van der Waals surface area contributed by atoms with Gasteiger partial charge in [-0.2, -0.15) is 0 Å². The monoisotopic (exact) mass is 189 g/mol. The van der Waals surface area contributed by atoms with Crippen LogP contribution in [0.15, 0.2) is 30.3 Å². The van der Waals surface area contributed by atoms with E-state index in [1.807, 2.05) is 6.07 Å². The lowest BCUT2D eigenvalue weighted by Crippen LogP contribution is -2.19. The first-order chi connectivity index (χ1) is 6.83. The second kappa shape index (κ2) is 2.59. The number of aliphatic hydroxyl groups is 1. The van der Waals surface area contributed by atoms with E-state index in [0.29, 0.717) is 6.61 Å². The van der Waals surface area contributed by atoms with Crippen LogP contribution >= 0.6 is 0 Å². The zero-order chi connectivity index (χ0) is 9.65. The highest BCUT2D eigenvalue weighted by molar-refractivity contribution is 5.41. The molecule has 1 aromatic carbocycles. The molecule has 2 N–H and O–H groups in total. The normalized spacial score (nSPS) is 39.5. The van der Waals surface area contributed by atoms with Crippen molar-refractivity contribution in [2.45, 2.75) is 11.8 Å². The third kappa shape index (κ3) is 0.830. The molecule has 2 atom stereocenters. The zero-order valence-electron chi connectivity index (χ0n) is 8.16. The fourth-order valence-corrected chi connectivity index (χ4v) is 3.06. The molecule has 0 bridgehead atoms. The van der Waals surface area contributed by atoms with E-state index in [4.69, 9.17) is 0 Å². The van der Waals surface area contributed by atoms with Gasteiger partial charge < -0.3 is 10.4 Å². The summed E-state index contributed by atoms with van der Waals surface area (Å²) >= 11 is 0. The van der Waals surface area contributed by atoms with E-state index >= 15 is 0 Å². The highest BCUT2D eigenvalue weighted by atomic mass is 16.3. The number of nitrogens with one attached hydrogen (secondary N) is 1. The fourth-order valence-electron chi connectivity index (χ4n) is 3.06. The molecule has 0 aromatic heterocycles. The van der Waals surface area contributed by atoms with Crippen LogP contribution in [0.25, 0.3) is 0 Å². The van der Waals surface area contributed by atoms with E-state index in [2.05, 4.69) is 29.6 Å². The Morgan fingerprint density at radius 3 is 2.64 bits per heavy atom. The maximum absolute atomic E-state index is 9.45. The highest BCUT2D eigenvalue weighted by Gasteiger charge is 2.70. The molecule has 2 nitrogen and oxygen atoms in total. The van der Waals surface area contributed by atoms with Gasteiger partial charge in [0.05, 0.1) is 6.61 Å². The van der Waals surface area contributed by atoms with Crippen molar-refractivity contribution in [3.63, 3.8) is 0 Å². The average molecular weight is 189 g/mol. The SMILES string of the molecule is OCC12CNCC1(c1ccccc1)C2. The predicted octanol–water partition coefficient (Wildman–Crippen LogP) is 0.910. The van der Waals surface area contributed by atoms with Gasteiger partial charge in [-0.1, -0.05) is 30.3 Å². The van der Waals surface area contributed by atoms with Crippen LogP contribution in [0.1, 0.15) is 12.0 Å². The minimum absolute atomic E-state index is 0.147. The summed E-state index contributed by atoms with van der Waals surface area (Å²) in [4.78, 5) is 0. The van der Waals surface area contributed by atoms with Crippen LogP contribution in [0, 0.1) is 5.41 Å². The first-order valence-corrected chi connectivity index (χ1v) is 5.20. The second-order valence-electron chi connectivity index (χ2n) is 4.67. The quantitative estimate of drug-likeness (QED) is 0.724. The van der Waals surface area contributed by atoms with Crippen molar-refractivity contribution < 1.29 is 5.11 Å². The molecule has 0 amide bonds. The molecule has 1 saturated carbocycles. The number of piperidine rings is 1. The Kier molecular flexibility index (Phi) is 1.56. The Bertz CT molecular complexity index is 351. The van der Waals surface area contributed by atoms with Gasteiger partial charge in [0, 0.05) is 23.9 Å². The molecule has 1 aromatic rings. The van der Waals surface area contributed by atoms with Gasteiger partial charge in [0.25, 0.3) is 0 Å². The van der Waals surface area contributed by atoms with E-state index < -0.39 is 0 Å². The fraction of sp³-hybridized carbons (Fsp3) is 0.500. The third-order valence-corrected chi connectivity index (χ3v) is 4.05. The Balaban J connectivity index is 2.01. The van der Waals surface area contributed by atoms with Gasteiger partial charge in [-0.25, -0.2) is 0 Å². The molecule has 1 aliphatic heterocycles. The highest BCUT2D eigenvalue weighted by Crippen LogP contribution is 2.66. The van der Waals surface area contributed by atoms with Crippen LogP contribution in [0.5, 0.6) is 0 Å². The maximum Gasteiger partial charge on any atom is 0.0509 e. The molecule has 2 aliphatic rings. The molecule has 3 rings (SSSR count). The molecule has 74 valence electrons. The molecule has 2 heteroatoms. The van der Waals surface area contributed by atoms with Crippen LogP contribution in [0.2, 0.25) is 0 Å². The summed E-state index contributed by atoms with van der Waals surface area (Å²) in [6.07, 6.45) is 1.15. The Morgan fingerprint density at radius 1 is 1.21 bits per heavy atom. The van der Waals surface area contributed by atoms with E-state index in [1.54, 1.807) is 0 Å². The first-order valence-electron chi connectivity index (χ1n) is 5.20. The molecule has 14 heavy (non-hydrogen) atoms. The van der Waals surface area contributed by atoms with E-state index in [0.717, 1.165) is 19.5 Å². The lowest BCUT2D eigenvalue weighted by molar-refractivity contribution is 0.209. The predicted molar refractivity (Wildman–Crippen MR) is 55.1 cm³/mol. The molecule has 2 fully saturated rings. The smallest absolute Gasteiger partial charge is 0.0509 e. The van der Waals surface area contributed by atoms with Crippen molar-refractivity contribution in [3.8, 4) is 0 Å². The van der Waals surface area contributed by atoms with E-state index in [-0.39, 0.29) is 10.8 Å². The first kappa shape index (κ1) is 8.45. The van der Waals surface area contributed by atoms with Gasteiger partial charge in [-0.3, -0.25) is 0 Å². The minimum atomic E-state index is 0.147. The van der Waals surface area contributed by atoms with Crippen molar-refractivity contribution >= 4 is 0 Å². The molecule has 1 aliphatic carbocycles. The van der Waals surface area contributed by atoms with Gasteiger partial charge in [-0.15, -0.1) is 0 Å². The summed E-state index contributed by atoms with van der Waals surface area (Å²) < 4.78 is 0. The molecular weight excluding hydrogens is 174 g/mol. The van der Waals surface area contributed by atoms with Crippen LogP contribution in [-0.2, 0) is 5.41 Å². The standard InChI is InChI=1S/C12H15NO/c14-9-11-6-12(11,8-13-7-11)10-4-2-1-3-5-10/h1-5,13-14H,6-9H2. The van der Waals surface area contributed by atoms with Crippen molar-refractivity contribution in [1.29, 1.82) is 0 Å². The summed E-state index contributed by atoms with van der Waals surface area (Å²) in [6.45, 7) is 2.31. The van der Waals surface area contributed by atoms with E-state index in [1.165, 1.54) is 5.56 Å². The van der Waals surface area contributed by atoms with Crippen LogP contribution in [0.3, 0.4) is 0 Å².